The first-order valence-corrected chi connectivity index (χ1v) is 21.6. The smallest absolute Gasteiger partial charge is 0.274 e. The lowest BCUT2D eigenvalue weighted by molar-refractivity contribution is -0.933. The summed E-state index contributed by atoms with van der Waals surface area (Å²) in [6, 6.07) is 15.7. The van der Waals surface area contributed by atoms with Crippen molar-refractivity contribution in [3.05, 3.63) is 70.5 Å². The van der Waals surface area contributed by atoms with Gasteiger partial charge in [0, 0.05) is 67.5 Å². The van der Waals surface area contributed by atoms with Crippen LogP contribution in [0.15, 0.2) is 48.5 Å². The van der Waals surface area contributed by atoms with E-state index >= 15 is 0 Å². The number of rotatable bonds is 28. The molecule has 0 bridgehead atoms. The summed E-state index contributed by atoms with van der Waals surface area (Å²) in [6.45, 7) is 7.03. The van der Waals surface area contributed by atoms with E-state index in [1.165, 1.54) is 11.1 Å². The molecule has 3 aromatic rings. The zero-order valence-corrected chi connectivity index (χ0v) is 37.5. The normalized spacial score (nSPS) is 14.6. The average Bonchev–Trinajstić information content (AvgIpc) is 3.27. The van der Waals surface area contributed by atoms with Gasteiger partial charge in [0.1, 0.15) is 11.5 Å². The number of carbonyl (C=O) groups excluding carboxylic acids is 3. The van der Waals surface area contributed by atoms with Crippen LogP contribution >= 0.6 is 11.6 Å². The number of nitrogens with zero attached hydrogens (tertiary/aromatic N) is 5. The predicted octanol–water partition coefficient (Wildman–Crippen LogP) is 3.27. The third kappa shape index (κ3) is 16.5. The van der Waals surface area contributed by atoms with Gasteiger partial charge in [0.25, 0.3) is 17.7 Å². The lowest BCUT2D eigenvalue weighted by atomic mass is 9.99. The number of aromatic nitrogens is 2. The van der Waals surface area contributed by atoms with E-state index in [1.54, 1.807) is 38.2 Å². The van der Waals surface area contributed by atoms with Crippen molar-refractivity contribution in [2.24, 2.45) is 0 Å². The van der Waals surface area contributed by atoms with Gasteiger partial charge in [-0.15, -0.1) is 0 Å². The number of benzene rings is 2. The fraction of sp³-hybridized carbons (Fsp3) is 0.568. The molecule has 0 spiro atoms. The number of hydrogen-bond acceptors (Lipinski definition) is 13. The minimum atomic E-state index is -0.426. The second-order valence-corrected chi connectivity index (χ2v) is 15.8. The van der Waals surface area contributed by atoms with Gasteiger partial charge in [0.15, 0.2) is 35.7 Å². The molecule has 1 saturated heterocycles. The molecular formula is C44H66ClN8O9+. The zero-order valence-electron chi connectivity index (χ0n) is 36.8. The lowest BCUT2D eigenvalue weighted by Gasteiger charge is -2.45. The summed E-state index contributed by atoms with van der Waals surface area (Å²) in [5, 5.41) is 3.09. The Kier molecular flexibility index (Phi) is 21.4. The Bertz CT molecular complexity index is 1720. The highest BCUT2D eigenvalue weighted by Crippen LogP contribution is 2.25. The van der Waals surface area contributed by atoms with E-state index in [4.69, 9.17) is 51.5 Å². The van der Waals surface area contributed by atoms with E-state index in [2.05, 4.69) is 15.3 Å². The summed E-state index contributed by atoms with van der Waals surface area (Å²) < 4.78 is 33.1. The summed E-state index contributed by atoms with van der Waals surface area (Å²) in [5.41, 5.74) is 14.1. The maximum absolute atomic E-state index is 13.4. The van der Waals surface area contributed by atoms with Gasteiger partial charge < -0.3 is 59.5 Å². The fourth-order valence-electron chi connectivity index (χ4n) is 7.56. The Balaban J connectivity index is 1.36. The number of methoxy groups -OCH3 is 4. The first-order valence-electron chi connectivity index (χ1n) is 21.2. The van der Waals surface area contributed by atoms with Crippen molar-refractivity contribution in [2.75, 3.05) is 132 Å². The molecule has 1 aliphatic heterocycles. The Morgan fingerprint density at radius 2 is 1.16 bits per heavy atom. The lowest BCUT2D eigenvalue weighted by Crippen LogP contribution is -2.60. The monoisotopic (exact) mass is 885 g/mol. The third-order valence-electron chi connectivity index (χ3n) is 11.0. The van der Waals surface area contributed by atoms with Crippen LogP contribution in [0.1, 0.15) is 47.3 Å². The Morgan fingerprint density at radius 1 is 0.710 bits per heavy atom. The van der Waals surface area contributed by atoms with Crippen LogP contribution in [-0.2, 0) is 41.4 Å². The highest BCUT2D eigenvalue weighted by atomic mass is 35.5. The number of carbonyl (C=O) groups is 3. The number of halogens is 1. The van der Waals surface area contributed by atoms with E-state index in [-0.39, 0.29) is 53.6 Å². The number of nitrogen functional groups attached to an aromatic ring is 2. The maximum Gasteiger partial charge on any atom is 0.274 e. The first-order chi connectivity index (χ1) is 30.0. The molecule has 17 nitrogen and oxygen atoms in total. The summed E-state index contributed by atoms with van der Waals surface area (Å²) in [4.78, 5) is 50.5. The number of ether oxygens (including phenoxy) is 6. The van der Waals surface area contributed by atoms with Crippen LogP contribution in [0.2, 0.25) is 5.15 Å². The molecule has 3 amide bonds. The highest BCUT2D eigenvalue weighted by molar-refractivity contribution is 6.31. The largest absolute Gasteiger partial charge is 0.484 e. The van der Waals surface area contributed by atoms with Crippen molar-refractivity contribution in [1.29, 1.82) is 0 Å². The molecule has 342 valence electrons. The van der Waals surface area contributed by atoms with Gasteiger partial charge in [0.2, 0.25) is 0 Å². The van der Waals surface area contributed by atoms with Gasteiger partial charge in [0.05, 0.1) is 58.6 Å². The Labute approximate surface area is 370 Å². The van der Waals surface area contributed by atoms with E-state index in [0.717, 1.165) is 69.2 Å². The molecule has 1 aromatic heterocycles. The van der Waals surface area contributed by atoms with Gasteiger partial charge in [-0.1, -0.05) is 35.9 Å². The van der Waals surface area contributed by atoms with Crippen LogP contribution in [0.5, 0.6) is 11.5 Å². The van der Waals surface area contributed by atoms with Gasteiger partial charge in [-0.05, 0) is 61.1 Å². The Hall–Kier alpha value is -4.78. The molecule has 1 aliphatic rings. The number of likely N-dealkylation sites (tertiary alicyclic amines) is 1. The second kappa shape index (κ2) is 26.6. The maximum atomic E-state index is 13.4. The minimum Gasteiger partial charge on any atom is -0.484 e. The molecule has 1 atom stereocenters. The molecule has 1 fully saturated rings. The topological polar surface area (TPSA) is 203 Å². The molecule has 1 unspecified atom stereocenters. The van der Waals surface area contributed by atoms with E-state index < -0.39 is 5.91 Å². The predicted molar refractivity (Wildman–Crippen MR) is 237 cm³/mol. The molecule has 0 radical (unpaired) electrons. The number of piperidine rings is 1. The first kappa shape index (κ1) is 49.9. The van der Waals surface area contributed by atoms with Gasteiger partial charge in [-0.3, -0.25) is 14.4 Å². The molecular weight excluding hydrogens is 820 g/mol. The standard InChI is InChI=1S/C44H65ClN8O9/c1-57-26-19-51(20-27-58-2)38(54)31-61-36-15-11-33(12-16-36)8-5-23-53(25-7-10-35(30-53)48-44(56)40-42(46)50-43(47)41(45)49-40)24-6-9-34-13-17-37(18-14-34)62-32-39(55)52(21-28-59-3)22-29-60-4/h11-18,35H,5-10,19-32H2,1-4H3,(H4-,46,47,48,50,56)/p+1. The molecule has 2 aromatic carbocycles. The number of nitrogens with two attached hydrogens (primary N) is 2. The molecule has 0 aliphatic carbocycles. The van der Waals surface area contributed by atoms with Gasteiger partial charge in [-0.25, -0.2) is 9.97 Å². The molecule has 4 rings (SSSR count). The van der Waals surface area contributed by atoms with Crippen molar-refractivity contribution in [1.82, 2.24) is 25.1 Å². The van der Waals surface area contributed by atoms with Crippen LogP contribution in [0.4, 0.5) is 11.6 Å². The Morgan fingerprint density at radius 3 is 1.60 bits per heavy atom. The van der Waals surface area contributed by atoms with Crippen LogP contribution in [0.25, 0.3) is 0 Å². The second-order valence-electron chi connectivity index (χ2n) is 15.4. The number of nitrogens with one attached hydrogen (secondary N) is 1. The molecule has 2 heterocycles. The number of aryl methyl sites for hydroxylation is 2. The molecule has 18 heteroatoms. The highest BCUT2D eigenvalue weighted by Gasteiger charge is 2.36. The van der Waals surface area contributed by atoms with Crippen LogP contribution in [-0.4, -0.2) is 168 Å². The van der Waals surface area contributed by atoms with Crippen molar-refractivity contribution in [3.63, 3.8) is 0 Å². The van der Waals surface area contributed by atoms with Crippen molar-refractivity contribution >= 4 is 41.0 Å². The summed E-state index contributed by atoms with van der Waals surface area (Å²) >= 11 is 6.09. The summed E-state index contributed by atoms with van der Waals surface area (Å²) in [7, 11) is 6.42. The van der Waals surface area contributed by atoms with Crippen LogP contribution in [0, 0.1) is 0 Å². The average molecular weight is 887 g/mol. The minimum absolute atomic E-state index is 0.0267. The number of anilines is 2. The van der Waals surface area contributed by atoms with Crippen molar-refractivity contribution in [2.45, 2.75) is 44.6 Å². The van der Waals surface area contributed by atoms with Gasteiger partial charge in [-0.2, -0.15) is 0 Å². The van der Waals surface area contributed by atoms with Crippen LogP contribution < -0.4 is 26.3 Å². The number of amides is 3. The quantitative estimate of drug-likeness (QED) is 0.0898. The summed E-state index contributed by atoms with van der Waals surface area (Å²) in [6.07, 6.45) is 5.33. The van der Waals surface area contributed by atoms with Crippen LogP contribution in [0.3, 0.4) is 0 Å². The summed E-state index contributed by atoms with van der Waals surface area (Å²) in [5.74, 6) is 0.479. The van der Waals surface area contributed by atoms with E-state index in [9.17, 15) is 14.4 Å². The fourth-order valence-corrected chi connectivity index (χ4v) is 7.69. The zero-order chi connectivity index (χ0) is 44.7. The molecule has 0 saturated carbocycles. The van der Waals surface area contributed by atoms with E-state index in [1.807, 2.05) is 48.5 Å². The van der Waals surface area contributed by atoms with Crippen molar-refractivity contribution < 1.29 is 47.3 Å². The van der Waals surface area contributed by atoms with E-state index in [0.29, 0.717) is 64.1 Å². The SMILES string of the molecule is COCCN(CCOC)C(=O)COc1ccc(CCC[N+]2(CCCc3ccc(OCC(=O)N(CCOC)CCOC)cc3)CCCC(NC(=O)c3nc(Cl)c(N)nc3N)C2)cc1. The third-order valence-corrected chi connectivity index (χ3v) is 11.3. The molecule has 5 N–H and O–H groups in total. The van der Waals surface area contributed by atoms with Crippen molar-refractivity contribution in [3.8, 4) is 11.5 Å². The number of quaternary nitrogens is 1. The van der Waals surface area contributed by atoms with Gasteiger partial charge >= 0.3 is 0 Å². The number of hydrogen-bond donors (Lipinski definition) is 3. The molecule has 62 heavy (non-hydrogen) atoms.